The number of nitrogens with zero attached hydrogens (tertiary/aromatic N) is 6. The molecule has 5 heterocycles. The van der Waals surface area contributed by atoms with E-state index in [1.165, 1.54) is 0 Å². The van der Waals surface area contributed by atoms with Gasteiger partial charge in [-0.1, -0.05) is 25.7 Å². The zero-order valence-corrected chi connectivity index (χ0v) is 25.3. The summed E-state index contributed by atoms with van der Waals surface area (Å²) in [4.78, 5) is 25.7. The van der Waals surface area contributed by atoms with Crippen LogP contribution < -0.4 is 4.74 Å². The Morgan fingerprint density at radius 2 is 1.93 bits per heavy atom. The van der Waals surface area contributed by atoms with Crippen molar-refractivity contribution in [2.45, 2.75) is 64.4 Å². The zero-order valence-electron chi connectivity index (χ0n) is 24.3. The number of pyridine rings is 2. The molecule has 1 aromatic carbocycles. The maximum absolute atomic E-state index is 11.8. The van der Waals surface area contributed by atoms with E-state index in [4.69, 9.17) is 14.5 Å². The van der Waals surface area contributed by atoms with E-state index in [0.717, 1.165) is 66.6 Å². The van der Waals surface area contributed by atoms with E-state index in [0.29, 0.717) is 30.4 Å². The highest BCUT2D eigenvalue weighted by Gasteiger charge is 2.44. The molecule has 1 amide bonds. The Hall–Kier alpha value is -3.60. The van der Waals surface area contributed by atoms with Crippen molar-refractivity contribution in [1.29, 1.82) is 0 Å². The summed E-state index contributed by atoms with van der Waals surface area (Å²) in [6, 6.07) is 17.9. The molecular formula is C31H38N6O3Si. The van der Waals surface area contributed by atoms with Crippen molar-refractivity contribution in [3.63, 3.8) is 0 Å². The summed E-state index contributed by atoms with van der Waals surface area (Å²) in [6.07, 6.45) is 4.66. The molecule has 41 heavy (non-hydrogen) atoms. The molecular weight excluding hydrogens is 532 g/mol. The average molecular weight is 571 g/mol. The molecule has 4 aromatic rings. The quantitative estimate of drug-likeness (QED) is 0.186. The van der Waals surface area contributed by atoms with Gasteiger partial charge in [-0.2, -0.15) is 5.10 Å². The molecule has 0 N–H and O–H groups in total. The van der Waals surface area contributed by atoms with E-state index >= 15 is 0 Å². The fraction of sp³-hybridized carbons (Fsp3) is 0.419. The van der Waals surface area contributed by atoms with E-state index in [2.05, 4.69) is 46.8 Å². The van der Waals surface area contributed by atoms with Crippen LogP contribution in [0.5, 0.6) is 11.6 Å². The van der Waals surface area contributed by atoms with E-state index in [9.17, 15) is 4.79 Å². The van der Waals surface area contributed by atoms with Crippen LogP contribution in [0.3, 0.4) is 0 Å². The summed E-state index contributed by atoms with van der Waals surface area (Å²) < 4.78 is 13.8. The average Bonchev–Trinajstić information content (AvgIpc) is 3.67. The smallest absolute Gasteiger partial charge is 0.219 e. The highest BCUT2D eigenvalue weighted by molar-refractivity contribution is 6.76. The van der Waals surface area contributed by atoms with E-state index < -0.39 is 8.07 Å². The fourth-order valence-electron chi connectivity index (χ4n) is 5.76. The van der Waals surface area contributed by atoms with Gasteiger partial charge in [0.25, 0.3) is 0 Å². The molecule has 0 saturated carbocycles. The number of fused-ring (bicyclic) bond motifs is 3. The van der Waals surface area contributed by atoms with Crippen LogP contribution in [0.2, 0.25) is 25.7 Å². The van der Waals surface area contributed by atoms with Crippen molar-refractivity contribution in [3.05, 3.63) is 66.6 Å². The van der Waals surface area contributed by atoms with Crippen LogP contribution in [-0.2, 0) is 22.8 Å². The molecule has 2 atom stereocenters. The van der Waals surface area contributed by atoms with Gasteiger partial charge in [0.15, 0.2) is 0 Å². The Balaban J connectivity index is 1.06. The number of carbonyl (C=O) groups is 1. The van der Waals surface area contributed by atoms with Gasteiger partial charge in [-0.25, -0.2) is 9.67 Å². The standard InChI is InChI=1S/C31H38N6O3Si/c1-22(38)36-20-26-16-27(36)19-35(26)18-25-7-5-23-15-28(8-9-29(23)34-25)40-31-10-6-24(17-32-31)30-11-12-33-37(30)21-39-13-14-41(2,3)4/h5-12,15,17,26-27H,13-14,16,18-21H2,1-4H3. The fourth-order valence-corrected chi connectivity index (χ4v) is 6.51. The number of amides is 1. The van der Waals surface area contributed by atoms with Crippen molar-refractivity contribution in [3.8, 4) is 22.9 Å². The van der Waals surface area contributed by atoms with Crippen molar-refractivity contribution in [1.82, 2.24) is 29.5 Å². The Morgan fingerprint density at radius 1 is 1.05 bits per heavy atom. The molecule has 6 rings (SSSR count). The lowest BCUT2D eigenvalue weighted by atomic mass is 10.2. The van der Waals surface area contributed by atoms with Crippen molar-refractivity contribution in [2.75, 3.05) is 19.7 Å². The van der Waals surface area contributed by atoms with E-state index in [1.54, 1.807) is 19.3 Å². The molecule has 2 aliphatic heterocycles. The van der Waals surface area contributed by atoms with Gasteiger partial charge in [-0.15, -0.1) is 0 Å². The number of ether oxygens (including phenoxy) is 2. The minimum Gasteiger partial charge on any atom is -0.439 e. The molecule has 2 aliphatic rings. The summed E-state index contributed by atoms with van der Waals surface area (Å²) in [5.74, 6) is 1.43. The molecule has 2 unspecified atom stereocenters. The van der Waals surface area contributed by atoms with E-state index in [1.807, 2.05) is 46.0 Å². The largest absolute Gasteiger partial charge is 0.439 e. The number of hydrogen-bond donors (Lipinski definition) is 0. The second kappa shape index (κ2) is 11.3. The zero-order chi connectivity index (χ0) is 28.6. The Bertz CT molecular complexity index is 1530. The summed E-state index contributed by atoms with van der Waals surface area (Å²) in [7, 11) is -1.12. The maximum atomic E-state index is 11.8. The van der Waals surface area contributed by atoms with Crippen LogP contribution in [0.15, 0.2) is 60.9 Å². The molecule has 2 fully saturated rings. The van der Waals surface area contributed by atoms with Crippen LogP contribution in [0.4, 0.5) is 0 Å². The number of aromatic nitrogens is 4. The van der Waals surface area contributed by atoms with Gasteiger partial charge in [-0.3, -0.25) is 14.7 Å². The SMILES string of the molecule is CC(=O)N1CC2CC1CN2Cc1ccc2cc(Oc3ccc(-c4ccnn4COCC[Si](C)(C)C)cn3)ccc2n1. The normalized spacial score (nSPS) is 18.9. The summed E-state index contributed by atoms with van der Waals surface area (Å²) in [5.41, 5.74) is 3.90. The van der Waals surface area contributed by atoms with Crippen LogP contribution in [-0.4, -0.2) is 75.3 Å². The molecule has 2 bridgehead atoms. The molecule has 3 aromatic heterocycles. The minimum absolute atomic E-state index is 0.186. The van der Waals surface area contributed by atoms with Gasteiger partial charge < -0.3 is 14.4 Å². The molecule has 214 valence electrons. The molecule has 9 nitrogen and oxygen atoms in total. The lowest BCUT2D eigenvalue weighted by molar-refractivity contribution is -0.131. The third kappa shape index (κ3) is 6.34. The molecule has 0 spiro atoms. The third-order valence-corrected chi connectivity index (χ3v) is 9.73. The first kappa shape index (κ1) is 27.6. The van der Waals surface area contributed by atoms with Crippen LogP contribution in [0.25, 0.3) is 22.2 Å². The second-order valence-electron chi connectivity index (χ2n) is 12.4. The molecule has 10 heteroatoms. The Labute approximate surface area is 242 Å². The summed E-state index contributed by atoms with van der Waals surface area (Å²) >= 11 is 0. The number of likely N-dealkylation sites (tertiary alicyclic amines) is 2. The second-order valence-corrected chi connectivity index (χ2v) is 18.0. The molecule has 0 radical (unpaired) electrons. The van der Waals surface area contributed by atoms with Gasteiger partial charge in [0.2, 0.25) is 11.8 Å². The van der Waals surface area contributed by atoms with E-state index in [-0.39, 0.29) is 5.91 Å². The van der Waals surface area contributed by atoms with Gasteiger partial charge in [0.05, 0.1) is 16.9 Å². The highest BCUT2D eigenvalue weighted by atomic mass is 28.3. The first-order chi connectivity index (χ1) is 19.7. The van der Waals surface area contributed by atoms with Crippen molar-refractivity contribution in [2.24, 2.45) is 0 Å². The lowest BCUT2D eigenvalue weighted by Crippen LogP contribution is -2.47. The topological polar surface area (TPSA) is 85.6 Å². The summed E-state index contributed by atoms with van der Waals surface area (Å²) in [5, 5.41) is 5.44. The maximum Gasteiger partial charge on any atom is 0.219 e. The van der Waals surface area contributed by atoms with Gasteiger partial charge in [-0.05, 0) is 48.9 Å². The van der Waals surface area contributed by atoms with Gasteiger partial charge in [0, 0.05) is 82.7 Å². The van der Waals surface area contributed by atoms with Crippen LogP contribution >= 0.6 is 0 Å². The number of piperazine rings is 1. The predicted octanol–water partition coefficient (Wildman–Crippen LogP) is 5.40. The first-order valence-corrected chi connectivity index (χ1v) is 18.1. The summed E-state index contributed by atoms with van der Waals surface area (Å²) in [6.45, 7) is 12.5. The van der Waals surface area contributed by atoms with Gasteiger partial charge in [0.1, 0.15) is 12.5 Å². The predicted molar refractivity (Wildman–Crippen MR) is 161 cm³/mol. The van der Waals surface area contributed by atoms with Crippen LogP contribution in [0, 0.1) is 0 Å². The molecule has 2 saturated heterocycles. The van der Waals surface area contributed by atoms with Crippen LogP contribution in [0.1, 0.15) is 19.0 Å². The Morgan fingerprint density at radius 3 is 2.66 bits per heavy atom. The number of carbonyl (C=O) groups excluding carboxylic acids is 1. The van der Waals surface area contributed by atoms with Crippen molar-refractivity contribution < 1.29 is 14.3 Å². The van der Waals surface area contributed by atoms with Gasteiger partial charge >= 0.3 is 0 Å². The number of hydrogen-bond acceptors (Lipinski definition) is 7. The Kier molecular flexibility index (Phi) is 7.63. The number of benzene rings is 1. The first-order valence-electron chi connectivity index (χ1n) is 14.4. The highest BCUT2D eigenvalue weighted by Crippen LogP contribution is 2.32. The minimum atomic E-state index is -1.12. The van der Waals surface area contributed by atoms with Crippen molar-refractivity contribution >= 4 is 24.9 Å². The third-order valence-electron chi connectivity index (χ3n) is 8.02. The lowest BCUT2D eigenvalue weighted by Gasteiger charge is -2.33. The number of rotatable bonds is 10. The molecule has 0 aliphatic carbocycles. The monoisotopic (exact) mass is 570 g/mol.